The third-order valence-corrected chi connectivity index (χ3v) is 2.63. The molecule has 4 nitrogen and oxygen atoms in total. The number of carboxylic acid groups (broad SMARTS) is 1. The molecule has 0 bridgehead atoms. The number of rotatable bonds is 4. The van der Waals surface area contributed by atoms with Crippen molar-refractivity contribution in [2.45, 2.75) is 12.8 Å². The number of halogens is 3. The molecule has 1 heterocycles. The van der Waals surface area contributed by atoms with Gasteiger partial charge in [0.05, 0.1) is 11.1 Å². The smallest absolute Gasteiger partial charge is 0.419 e. The Morgan fingerprint density at radius 3 is 2.62 bits per heavy atom. The molecule has 7 heteroatoms. The number of ether oxygens (including phenoxy) is 1. The van der Waals surface area contributed by atoms with Crippen LogP contribution in [0.15, 0.2) is 42.7 Å². The van der Waals surface area contributed by atoms with Crippen molar-refractivity contribution < 1.29 is 27.8 Å². The molecular formula is C14H10F3NO3. The van der Waals surface area contributed by atoms with Gasteiger partial charge < -0.3 is 9.84 Å². The largest absolute Gasteiger partial charge is 0.488 e. The first-order valence-electron chi connectivity index (χ1n) is 5.84. The maximum Gasteiger partial charge on any atom is 0.419 e. The zero-order chi connectivity index (χ0) is 15.5. The highest BCUT2D eigenvalue weighted by Gasteiger charge is 2.33. The minimum Gasteiger partial charge on any atom is -0.488 e. The highest BCUT2D eigenvalue weighted by atomic mass is 19.4. The van der Waals surface area contributed by atoms with Gasteiger partial charge in [-0.25, -0.2) is 4.79 Å². The summed E-state index contributed by atoms with van der Waals surface area (Å²) in [5.74, 6) is -1.48. The van der Waals surface area contributed by atoms with Gasteiger partial charge in [-0.05, 0) is 18.2 Å². The summed E-state index contributed by atoms with van der Waals surface area (Å²) in [6.07, 6.45) is -2.03. The van der Waals surface area contributed by atoms with Crippen molar-refractivity contribution in [3.8, 4) is 5.75 Å². The van der Waals surface area contributed by atoms with Gasteiger partial charge in [-0.1, -0.05) is 12.1 Å². The second-order valence-corrected chi connectivity index (χ2v) is 4.17. The van der Waals surface area contributed by atoms with Gasteiger partial charge >= 0.3 is 12.1 Å². The Hall–Kier alpha value is -2.57. The number of pyridine rings is 1. The van der Waals surface area contributed by atoms with Gasteiger partial charge in [0, 0.05) is 18.0 Å². The second-order valence-electron chi connectivity index (χ2n) is 4.17. The SMILES string of the molecule is O=C(O)c1cncc(COc2ccccc2C(F)(F)F)c1. The summed E-state index contributed by atoms with van der Waals surface area (Å²) in [4.78, 5) is 14.5. The molecular weight excluding hydrogens is 287 g/mol. The minimum absolute atomic E-state index is 0.0554. The molecule has 1 aromatic carbocycles. The Bertz CT molecular complexity index is 656. The number of aromatic nitrogens is 1. The second kappa shape index (κ2) is 5.82. The first-order valence-corrected chi connectivity index (χ1v) is 5.84. The quantitative estimate of drug-likeness (QED) is 0.940. The summed E-state index contributed by atoms with van der Waals surface area (Å²) in [6.45, 7) is -0.207. The fraction of sp³-hybridized carbons (Fsp3) is 0.143. The number of para-hydroxylation sites is 1. The van der Waals surface area contributed by atoms with E-state index < -0.39 is 17.7 Å². The van der Waals surface area contributed by atoms with E-state index in [4.69, 9.17) is 9.84 Å². The van der Waals surface area contributed by atoms with Crippen molar-refractivity contribution in [3.63, 3.8) is 0 Å². The standard InChI is InChI=1S/C14H10F3NO3/c15-14(16,17)11-3-1-2-4-12(11)21-8-9-5-10(13(19)20)7-18-6-9/h1-7H,8H2,(H,19,20). The topological polar surface area (TPSA) is 59.4 Å². The predicted molar refractivity (Wildman–Crippen MR) is 67.0 cm³/mol. The molecule has 0 saturated carbocycles. The number of alkyl halides is 3. The normalized spacial score (nSPS) is 11.2. The summed E-state index contributed by atoms with van der Waals surface area (Å²) in [5.41, 5.74) is -0.570. The van der Waals surface area contributed by atoms with Gasteiger partial charge in [-0.3, -0.25) is 4.98 Å². The van der Waals surface area contributed by atoms with Crippen LogP contribution in [0.5, 0.6) is 5.75 Å². The van der Waals surface area contributed by atoms with Gasteiger partial charge in [0.25, 0.3) is 0 Å². The number of benzene rings is 1. The molecule has 21 heavy (non-hydrogen) atoms. The third-order valence-electron chi connectivity index (χ3n) is 2.63. The van der Waals surface area contributed by atoms with Crippen LogP contribution in [0.4, 0.5) is 13.2 Å². The molecule has 2 aromatic rings. The van der Waals surface area contributed by atoms with E-state index in [0.717, 1.165) is 12.3 Å². The van der Waals surface area contributed by atoms with Gasteiger partial charge in [-0.15, -0.1) is 0 Å². The Kier molecular flexibility index (Phi) is 4.11. The molecule has 0 aliphatic carbocycles. The van der Waals surface area contributed by atoms with Crippen LogP contribution in [0.1, 0.15) is 21.5 Å². The molecule has 0 radical (unpaired) electrons. The molecule has 0 fully saturated rings. The number of carboxylic acids is 1. The fourth-order valence-electron chi connectivity index (χ4n) is 1.67. The first kappa shape index (κ1) is 14.8. The van der Waals surface area contributed by atoms with Crippen LogP contribution < -0.4 is 4.74 Å². The van der Waals surface area contributed by atoms with E-state index in [1.54, 1.807) is 0 Å². The number of hydrogen-bond donors (Lipinski definition) is 1. The van der Waals surface area contributed by atoms with Crippen LogP contribution in [-0.2, 0) is 12.8 Å². The maximum atomic E-state index is 12.8. The average Bonchev–Trinajstić information content (AvgIpc) is 2.45. The maximum absolute atomic E-state index is 12.8. The van der Waals surface area contributed by atoms with Crippen LogP contribution in [0.3, 0.4) is 0 Å². The van der Waals surface area contributed by atoms with Crippen molar-refractivity contribution in [2.24, 2.45) is 0 Å². The Morgan fingerprint density at radius 2 is 1.95 bits per heavy atom. The van der Waals surface area contributed by atoms with E-state index in [9.17, 15) is 18.0 Å². The number of hydrogen-bond acceptors (Lipinski definition) is 3. The van der Waals surface area contributed by atoms with Crippen LogP contribution in [-0.4, -0.2) is 16.1 Å². The molecule has 0 saturated heterocycles. The van der Waals surface area contributed by atoms with E-state index in [0.29, 0.717) is 5.56 Å². The molecule has 0 aliphatic rings. The highest BCUT2D eigenvalue weighted by Crippen LogP contribution is 2.36. The lowest BCUT2D eigenvalue weighted by Gasteiger charge is -2.13. The Balaban J connectivity index is 2.17. The number of aromatic carboxylic acids is 1. The average molecular weight is 297 g/mol. The zero-order valence-corrected chi connectivity index (χ0v) is 10.6. The number of carbonyl (C=O) groups is 1. The lowest BCUT2D eigenvalue weighted by molar-refractivity contribution is -0.139. The van der Waals surface area contributed by atoms with Crippen LogP contribution >= 0.6 is 0 Å². The molecule has 110 valence electrons. The highest BCUT2D eigenvalue weighted by molar-refractivity contribution is 5.87. The van der Waals surface area contributed by atoms with Crippen LogP contribution in [0.2, 0.25) is 0 Å². The molecule has 0 atom stereocenters. The summed E-state index contributed by atoms with van der Waals surface area (Å²) < 4.78 is 43.5. The fourth-order valence-corrected chi connectivity index (χ4v) is 1.67. The third kappa shape index (κ3) is 3.71. The van der Waals surface area contributed by atoms with Gasteiger partial charge in [-0.2, -0.15) is 13.2 Å². The van der Waals surface area contributed by atoms with Crippen molar-refractivity contribution in [1.29, 1.82) is 0 Å². The van der Waals surface area contributed by atoms with Crippen molar-refractivity contribution in [2.75, 3.05) is 0 Å². The Morgan fingerprint density at radius 1 is 1.24 bits per heavy atom. The minimum atomic E-state index is -4.52. The lowest BCUT2D eigenvalue weighted by Crippen LogP contribution is -2.09. The number of nitrogens with zero attached hydrogens (tertiary/aromatic N) is 1. The first-order chi connectivity index (χ1) is 9.88. The molecule has 0 spiro atoms. The summed E-state index contributed by atoms with van der Waals surface area (Å²) in [5, 5.41) is 8.82. The summed E-state index contributed by atoms with van der Waals surface area (Å²) >= 11 is 0. The van der Waals surface area contributed by atoms with E-state index in [2.05, 4.69) is 4.98 Å². The van der Waals surface area contributed by atoms with Crippen molar-refractivity contribution in [3.05, 3.63) is 59.4 Å². The monoisotopic (exact) mass is 297 g/mol. The molecule has 1 aromatic heterocycles. The van der Waals surface area contributed by atoms with Gasteiger partial charge in [0.15, 0.2) is 0 Å². The van der Waals surface area contributed by atoms with E-state index >= 15 is 0 Å². The molecule has 0 aliphatic heterocycles. The van der Waals surface area contributed by atoms with E-state index in [1.165, 1.54) is 30.5 Å². The predicted octanol–water partition coefficient (Wildman–Crippen LogP) is 3.38. The lowest BCUT2D eigenvalue weighted by atomic mass is 10.2. The van der Waals surface area contributed by atoms with Crippen LogP contribution in [0.25, 0.3) is 0 Å². The van der Waals surface area contributed by atoms with E-state index in [-0.39, 0.29) is 17.9 Å². The van der Waals surface area contributed by atoms with Gasteiger partial charge in [0.2, 0.25) is 0 Å². The molecule has 2 rings (SSSR count). The van der Waals surface area contributed by atoms with E-state index in [1.807, 2.05) is 0 Å². The molecule has 0 amide bonds. The molecule has 1 N–H and O–H groups in total. The summed E-state index contributed by atoms with van der Waals surface area (Å²) in [6, 6.07) is 6.11. The van der Waals surface area contributed by atoms with Crippen LogP contribution in [0, 0.1) is 0 Å². The van der Waals surface area contributed by atoms with Gasteiger partial charge in [0.1, 0.15) is 12.4 Å². The summed E-state index contributed by atoms with van der Waals surface area (Å²) in [7, 11) is 0. The Labute approximate surface area is 117 Å². The van der Waals surface area contributed by atoms with Crippen molar-refractivity contribution >= 4 is 5.97 Å². The zero-order valence-electron chi connectivity index (χ0n) is 10.6. The van der Waals surface area contributed by atoms with Crippen molar-refractivity contribution in [1.82, 2.24) is 4.98 Å². The molecule has 0 unspecified atom stereocenters.